The highest BCUT2D eigenvalue weighted by Gasteiger charge is 2.28. The molecule has 6 heteroatoms. The zero-order chi connectivity index (χ0) is 12.5. The lowest BCUT2D eigenvalue weighted by atomic mass is 10.1. The molecule has 2 atom stereocenters. The summed E-state index contributed by atoms with van der Waals surface area (Å²) >= 11 is 0. The maximum atomic E-state index is 8.92. The van der Waals surface area contributed by atoms with Crippen molar-refractivity contribution in [1.29, 1.82) is 0 Å². The van der Waals surface area contributed by atoms with Gasteiger partial charge in [0, 0.05) is 6.42 Å². The van der Waals surface area contributed by atoms with Crippen molar-refractivity contribution in [2.24, 2.45) is 5.73 Å². The molecule has 1 aromatic carbocycles. The van der Waals surface area contributed by atoms with E-state index in [1.165, 1.54) is 0 Å². The summed E-state index contributed by atoms with van der Waals surface area (Å²) in [6.45, 7) is -0.229. The molecule has 0 spiro atoms. The fraction of sp³-hybridized carbons (Fsp3) is 0.333. The first kappa shape index (κ1) is 11.2. The minimum absolute atomic E-state index is 0.229. The minimum Gasteiger partial charge on any atom is -0.482 e. The van der Waals surface area contributed by atoms with Gasteiger partial charge in [-0.2, -0.15) is 4.98 Å². The second-order valence-corrected chi connectivity index (χ2v) is 4.20. The van der Waals surface area contributed by atoms with E-state index in [9.17, 15) is 0 Å². The Bertz CT molecular complexity index is 530. The molecule has 1 unspecified atom stereocenters. The van der Waals surface area contributed by atoms with E-state index in [2.05, 4.69) is 10.1 Å². The van der Waals surface area contributed by atoms with E-state index in [-0.39, 0.29) is 18.6 Å². The third-order valence-electron chi connectivity index (χ3n) is 2.91. The average Bonchev–Trinajstić information content (AvgIpc) is 3.03. The van der Waals surface area contributed by atoms with Crippen LogP contribution in [0.5, 0.6) is 5.75 Å². The van der Waals surface area contributed by atoms with Crippen molar-refractivity contribution in [3.05, 3.63) is 41.5 Å². The molecule has 0 aliphatic carbocycles. The van der Waals surface area contributed by atoms with Gasteiger partial charge in [0.25, 0.3) is 0 Å². The van der Waals surface area contributed by atoms with Gasteiger partial charge in [0.2, 0.25) is 11.7 Å². The fourth-order valence-electron chi connectivity index (χ4n) is 1.93. The van der Waals surface area contributed by atoms with Gasteiger partial charge in [-0.25, -0.2) is 0 Å². The predicted molar refractivity (Wildman–Crippen MR) is 61.8 cm³/mol. The van der Waals surface area contributed by atoms with E-state index in [1.807, 2.05) is 24.3 Å². The van der Waals surface area contributed by atoms with Crippen LogP contribution in [0.2, 0.25) is 0 Å². The Morgan fingerprint density at radius 1 is 1.44 bits per heavy atom. The van der Waals surface area contributed by atoms with Gasteiger partial charge in [-0.1, -0.05) is 23.4 Å². The summed E-state index contributed by atoms with van der Waals surface area (Å²) in [6.07, 6.45) is 0.467. The van der Waals surface area contributed by atoms with E-state index in [0.29, 0.717) is 12.2 Å². The first-order valence-electron chi connectivity index (χ1n) is 5.72. The summed E-state index contributed by atoms with van der Waals surface area (Å²) in [6, 6.07) is 7.17. The number of hydrogen-bond acceptors (Lipinski definition) is 6. The summed E-state index contributed by atoms with van der Waals surface area (Å²) in [5.41, 5.74) is 6.73. The first-order chi connectivity index (χ1) is 8.78. The second kappa shape index (κ2) is 4.40. The van der Waals surface area contributed by atoms with Crippen LogP contribution in [0.4, 0.5) is 0 Å². The number of aliphatic hydroxyl groups is 1. The van der Waals surface area contributed by atoms with Crippen molar-refractivity contribution < 1.29 is 14.4 Å². The summed E-state index contributed by atoms with van der Waals surface area (Å²) < 4.78 is 10.7. The first-order valence-corrected chi connectivity index (χ1v) is 5.72. The van der Waals surface area contributed by atoms with Gasteiger partial charge in [-0.3, -0.25) is 0 Å². The highest BCUT2D eigenvalue weighted by Crippen LogP contribution is 2.35. The Morgan fingerprint density at radius 3 is 3.06 bits per heavy atom. The highest BCUT2D eigenvalue weighted by atomic mass is 16.5. The highest BCUT2D eigenvalue weighted by molar-refractivity contribution is 5.37. The number of benzene rings is 1. The zero-order valence-electron chi connectivity index (χ0n) is 9.61. The molecule has 3 rings (SSSR count). The standard InChI is InChI=1S/C12H13N3O3/c13-8(6-16)12-14-11(15-18-12)10-5-7-3-1-2-4-9(7)17-10/h1-4,8,10,16H,5-6,13H2/t8-,10?/m0/s1. The lowest BCUT2D eigenvalue weighted by Crippen LogP contribution is -2.15. The van der Waals surface area contributed by atoms with Crippen LogP contribution in [0.15, 0.2) is 28.8 Å². The maximum absolute atomic E-state index is 8.92. The number of nitrogens with zero attached hydrogens (tertiary/aromatic N) is 2. The van der Waals surface area contributed by atoms with E-state index in [1.54, 1.807) is 0 Å². The third-order valence-corrected chi connectivity index (χ3v) is 2.91. The Kier molecular flexibility index (Phi) is 2.73. The normalized spacial score (nSPS) is 19.3. The molecule has 0 fully saturated rings. The molecular formula is C12H13N3O3. The fourth-order valence-corrected chi connectivity index (χ4v) is 1.93. The van der Waals surface area contributed by atoms with E-state index in [0.717, 1.165) is 11.3 Å². The summed E-state index contributed by atoms with van der Waals surface area (Å²) in [5, 5.41) is 12.8. The number of nitrogens with two attached hydrogens (primary N) is 1. The topological polar surface area (TPSA) is 94.4 Å². The number of aromatic nitrogens is 2. The molecule has 94 valence electrons. The van der Waals surface area contributed by atoms with Crippen LogP contribution in [0.25, 0.3) is 0 Å². The minimum atomic E-state index is -0.643. The van der Waals surface area contributed by atoms with Gasteiger partial charge in [0.05, 0.1) is 6.61 Å². The molecule has 1 aromatic heterocycles. The van der Waals surface area contributed by atoms with Gasteiger partial charge in [0.15, 0.2) is 6.10 Å². The van der Waals surface area contributed by atoms with Crippen LogP contribution in [-0.2, 0) is 6.42 Å². The third kappa shape index (κ3) is 1.85. The number of rotatable bonds is 3. The van der Waals surface area contributed by atoms with Gasteiger partial charge < -0.3 is 20.1 Å². The summed E-state index contributed by atoms with van der Waals surface area (Å²) in [7, 11) is 0. The Hall–Kier alpha value is -1.92. The monoisotopic (exact) mass is 247 g/mol. The summed E-state index contributed by atoms with van der Waals surface area (Å²) in [4.78, 5) is 4.16. The number of fused-ring (bicyclic) bond motifs is 1. The predicted octanol–water partition coefficient (Wildman–Crippen LogP) is 0.738. The van der Waals surface area contributed by atoms with E-state index >= 15 is 0 Å². The lowest BCUT2D eigenvalue weighted by molar-refractivity contribution is 0.218. The molecule has 0 saturated carbocycles. The largest absolute Gasteiger partial charge is 0.482 e. The number of aliphatic hydroxyl groups excluding tert-OH is 1. The van der Waals surface area contributed by atoms with Crippen LogP contribution < -0.4 is 10.5 Å². The molecule has 1 aliphatic heterocycles. The van der Waals surface area contributed by atoms with E-state index in [4.69, 9.17) is 20.1 Å². The molecule has 0 radical (unpaired) electrons. The SMILES string of the molecule is N[C@@H](CO)c1nc(C2Cc3ccccc3O2)no1. The molecule has 2 aromatic rings. The maximum Gasteiger partial charge on any atom is 0.246 e. The van der Waals surface area contributed by atoms with Crippen molar-refractivity contribution in [2.75, 3.05) is 6.61 Å². The number of para-hydroxylation sites is 1. The number of hydrogen-bond donors (Lipinski definition) is 2. The summed E-state index contributed by atoms with van der Waals surface area (Å²) in [5.74, 6) is 1.54. The van der Waals surface area contributed by atoms with Crippen molar-refractivity contribution in [3.63, 3.8) is 0 Å². The van der Waals surface area contributed by atoms with Crippen molar-refractivity contribution >= 4 is 0 Å². The van der Waals surface area contributed by atoms with Gasteiger partial charge in [-0.15, -0.1) is 0 Å². The van der Waals surface area contributed by atoms with Crippen molar-refractivity contribution in [3.8, 4) is 5.75 Å². The Labute approximate surface area is 103 Å². The van der Waals surface area contributed by atoms with Crippen molar-refractivity contribution in [1.82, 2.24) is 10.1 Å². The average molecular weight is 247 g/mol. The molecule has 1 aliphatic rings. The van der Waals surface area contributed by atoms with E-state index < -0.39 is 6.04 Å². The lowest BCUT2D eigenvalue weighted by Gasteiger charge is -2.04. The molecule has 18 heavy (non-hydrogen) atoms. The van der Waals surface area contributed by atoms with Crippen LogP contribution in [-0.4, -0.2) is 21.9 Å². The van der Waals surface area contributed by atoms with Gasteiger partial charge in [-0.05, 0) is 11.6 Å². The smallest absolute Gasteiger partial charge is 0.246 e. The molecule has 6 nitrogen and oxygen atoms in total. The molecule has 2 heterocycles. The molecular weight excluding hydrogens is 234 g/mol. The van der Waals surface area contributed by atoms with Crippen LogP contribution in [0.1, 0.15) is 29.4 Å². The van der Waals surface area contributed by atoms with Crippen LogP contribution >= 0.6 is 0 Å². The number of ether oxygens (including phenoxy) is 1. The molecule has 0 saturated heterocycles. The van der Waals surface area contributed by atoms with Crippen LogP contribution in [0.3, 0.4) is 0 Å². The molecule has 0 bridgehead atoms. The second-order valence-electron chi connectivity index (χ2n) is 4.20. The molecule has 0 amide bonds. The van der Waals surface area contributed by atoms with Crippen molar-refractivity contribution in [2.45, 2.75) is 18.6 Å². The van der Waals surface area contributed by atoms with Crippen LogP contribution in [0, 0.1) is 0 Å². The quantitative estimate of drug-likeness (QED) is 0.830. The molecule has 3 N–H and O–H groups in total. The van der Waals surface area contributed by atoms with Gasteiger partial charge in [0.1, 0.15) is 11.8 Å². The zero-order valence-corrected chi connectivity index (χ0v) is 9.61. The Balaban J connectivity index is 1.80. The Morgan fingerprint density at radius 2 is 2.28 bits per heavy atom. The van der Waals surface area contributed by atoms with Gasteiger partial charge >= 0.3 is 0 Å².